The third-order valence-electron chi connectivity index (χ3n) is 7.88. The Labute approximate surface area is 263 Å². The number of benzene rings is 3. The molecule has 3 aromatic heterocycles. The largest absolute Gasteiger partial charge is 0.336 e. The van der Waals surface area contributed by atoms with Crippen LogP contribution in [0.2, 0.25) is 0 Å². The lowest BCUT2D eigenvalue weighted by molar-refractivity contribution is 0.717. The lowest BCUT2D eigenvalue weighted by atomic mass is 10.1. The van der Waals surface area contributed by atoms with Crippen molar-refractivity contribution in [3.8, 4) is 11.4 Å². The number of fused-ring (bicyclic) bond motifs is 1. The van der Waals surface area contributed by atoms with E-state index in [2.05, 4.69) is 106 Å². The molecule has 0 unspecified atom stereocenters. The number of nitrogens with zero attached hydrogens (tertiary/aromatic N) is 8. The molecule has 0 atom stereocenters. The van der Waals surface area contributed by atoms with Gasteiger partial charge >= 0.3 is 0 Å². The van der Waals surface area contributed by atoms with Crippen LogP contribution >= 0.6 is 11.3 Å². The van der Waals surface area contributed by atoms with E-state index in [0.29, 0.717) is 13.1 Å². The molecule has 3 aromatic carbocycles. The number of anilines is 1. The topological polar surface area (TPSA) is 77.5 Å². The zero-order valence-corrected chi connectivity index (χ0v) is 26.5. The second-order valence-corrected chi connectivity index (χ2v) is 12.4. The zero-order chi connectivity index (χ0) is 30.1. The lowest BCUT2D eigenvalue weighted by Gasteiger charge is -2.19. The van der Waals surface area contributed by atoms with Crippen LogP contribution in [0.4, 0.5) is 5.13 Å². The molecule has 0 saturated carbocycles. The minimum atomic E-state index is 0.550. The Hall–Kier alpha value is -4.37. The van der Waals surface area contributed by atoms with Crippen LogP contribution in [0, 0.1) is 0 Å². The van der Waals surface area contributed by atoms with Gasteiger partial charge in [-0.05, 0) is 73.2 Å². The summed E-state index contributed by atoms with van der Waals surface area (Å²) in [6, 6.07) is 25.5. The summed E-state index contributed by atoms with van der Waals surface area (Å²) >= 11 is 1.67. The number of aryl methyl sites for hydroxylation is 2. The highest BCUT2D eigenvalue weighted by Gasteiger charge is 2.18. The Morgan fingerprint density at radius 2 is 1.16 bits per heavy atom. The van der Waals surface area contributed by atoms with E-state index >= 15 is 0 Å². The van der Waals surface area contributed by atoms with Gasteiger partial charge in [-0.15, -0.1) is 10.2 Å². The molecule has 0 bridgehead atoms. The summed E-state index contributed by atoms with van der Waals surface area (Å²) in [5, 5.41) is 18.9. The van der Waals surface area contributed by atoms with Crippen LogP contribution in [0.1, 0.15) is 74.9 Å². The summed E-state index contributed by atoms with van der Waals surface area (Å²) in [7, 11) is 0. The van der Waals surface area contributed by atoms with Crippen molar-refractivity contribution in [3.05, 3.63) is 108 Å². The van der Waals surface area contributed by atoms with Gasteiger partial charge in [0.15, 0.2) is 5.13 Å². The monoisotopic (exact) mass is 604 g/mol. The van der Waals surface area contributed by atoms with E-state index in [-0.39, 0.29) is 0 Å². The Balaban J connectivity index is 1.19. The highest BCUT2D eigenvalue weighted by molar-refractivity contribution is 7.22. The van der Waals surface area contributed by atoms with Crippen LogP contribution in [-0.2, 0) is 25.9 Å². The maximum atomic E-state index is 4.95. The van der Waals surface area contributed by atoms with E-state index in [9.17, 15) is 0 Å². The summed E-state index contributed by atoms with van der Waals surface area (Å²) in [5.41, 5.74) is 7.45. The predicted octanol–water partition coefficient (Wildman–Crippen LogP) is 8.13. The fraction of sp³-hybridized carbons (Fsp3) is 0.343. The number of para-hydroxylation sites is 1. The van der Waals surface area contributed by atoms with Crippen LogP contribution in [0.15, 0.2) is 85.2 Å². The second kappa shape index (κ2) is 14.4. The van der Waals surface area contributed by atoms with Gasteiger partial charge in [0.05, 0.1) is 47.1 Å². The minimum Gasteiger partial charge on any atom is -0.336 e. The van der Waals surface area contributed by atoms with E-state index in [4.69, 9.17) is 4.98 Å². The van der Waals surface area contributed by atoms with Crippen LogP contribution in [0.3, 0.4) is 0 Å². The first-order valence-corrected chi connectivity index (χ1v) is 16.6. The van der Waals surface area contributed by atoms with Gasteiger partial charge < -0.3 is 4.90 Å². The fourth-order valence-corrected chi connectivity index (χ4v) is 6.32. The first-order chi connectivity index (χ1) is 21.7. The maximum Gasteiger partial charge on any atom is 0.187 e. The Morgan fingerprint density at radius 3 is 1.66 bits per heavy atom. The number of hydrogen-bond donors (Lipinski definition) is 0. The molecule has 0 fully saturated rings. The van der Waals surface area contributed by atoms with E-state index in [0.717, 1.165) is 51.0 Å². The zero-order valence-electron chi connectivity index (χ0n) is 25.6. The van der Waals surface area contributed by atoms with Gasteiger partial charge in [0.2, 0.25) is 0 Å². The third-order valence-corrected chi connectivity index (χ3v) is 8.98. The predicted molar refractivity (Wildman–Crippen MR) is 179 cm³/mol. The van der Waals surface area contributed by atoms with E-state index in [1.807, 2.05) is 27.8 Å². The smallest absolute Gasteiger partial charge is 0.187 e. The molecule has 9 heteroatoms. The molecule has 44 heavy (non-hydrogen) atoms. The van der Waals surface area contributed by atoms with Crippen LogP contribution in [0.25, 0.3) is 21.6 Å². The highest BCUT2D eigenvalue weighted by Crippen LogP contribution is 2.30. The van der Waals surface area contributed by atoms with Gasteiger partial charge in [0, 0.05) is 0 Å². The van der Waals surface area contributed by atoms with Crippen LogP contribution < -0.4 is 4.90 Å². The Kier molecular flexibility index (Phi) is 9.72. The van der Waals surface area contributed by atoms with Gasteiger partial charge in [0.25, 0.3) is 0 Å². The molecule has 0 radical (unpaired) electrons. The Bertz CT molecular complexity index is 1620. The molecule has 0 aliphatic rings. The van der Waals surface area contributed by atoms with Gasteiger partial charge in [-0.2, -0.15) is 0 Å². The standard InChI is InChI=1S/C35H40N8S/c1-3-5-7-11-27-15-19-31(20-16-27)42-25-29(37-39-42)23-41(35-36-33-13-9-10-14-34(33)44-35)24-30-26-43(40-38-30)32-21-17-28(18-22-32)12-8-6-4-2/h9-10,13-22,25-26H,3-8,11-12,23-24H2,1-2H3. The number of aromatic nitrogens is 7. The van der Waals surface area contributed by atoms with Crippen molar-refractivity contribution in [2.24, 2.45) is 0 Å². The molecule has 6 rings (SSSR count). The molecule has 3 heterocycles. The summed E-state index contributed by atoms with van der Waals surface area (Å²) in [4.78, 5) is 7.16. The van der Waals surface area contributed by atoms with Crippen molar-refractivity contribution >= 4 is 26.7 Å². The number of thiazole rings is 1. The average molecular weight is 605 g/mol. The quantitative estimate of drug-likeness (QED) is 0.110. The molecule has 8 nitrogen and oxygen atoms in total. The van der Waals surface area contributed by atoms with Gasteiger partial charge in [-0.1, -0.05) is 97.7 Å². The number of unbranched alkanes of at least 4 members (excludes halogenated alkanes) is 4. The van der Waals surface area contributed by atoms with Crippen LogP contribution in [0.5, 0.6) is 0 Å². The van der Waals surface area contributed by atoms with Gasteiger partial charge in [0.1, 0.15) is 11.4 Å². The summed E-state index contributed by atoms with van der Waals surface area (Å²) in [5.74, 6) is 0. The molecule has 0 aliphatic carbocycles. The summed E-state index contributed by atoms with van der Waals surface area (Å²) in [6.07, 6.45) is 13.7. The van der Waals surface area contributed by atoms with Crippen molar-refractivity contribution in [3.63, 3.8) is 0 Å². The lowest BCUT2D eigenvalue weighted by Crippen LogP contribution is -2.22. The molecule has 0 spiro atoms. The minimum absolute atomic E-state index is 0.550. The van der Waals surface area contributed by atoms with Crippen molar-refractivity contribution in [2.75, 3.05) is 4.90 Å². The normalized spacial score (nSPS) is 11.4. The molecule has 0 saturated heterocycles. The Morgan fingerprint density at radius 1 is 0.636 bits per heavy atom. The highest BCUT2D eigenvalue weighted by atomic mass is 32.1. The molecule has 226 valence electrons. The average Bonchev–Trinajstić information content (AvgIpc) is 3.82. The summed E-state index contributed by atoms with van der Waals surface area (Å²) < 4.78 is 4.85. The maximum absolute atomic E-state index is 4.95. The van der Waals surface area contributed by atoms with Crippen molar-refractivity contribution in [1.82, 2.24) is 35.0 Å². The summed E-state index contributed by atoms with van der Waals surface area (Å²) in [6.45, 7) is 5.58. The molecule has 0 aliphatic heterocycles. The van der Waals surface area contributed by atoms with Crippen LogP contribution in [-0.4, -0.2) is 35.0 Å². The fourth-order valence-electron chi connectivity index (χ4n) is 5.36. The first-order valence-electron chi connectivity index (χ1n) is 15.8. The SMILES string of the molecule is CCCCCc1ccc(-n2cc(CN(Cc3cn(-c4ccc(CCCCC)cc4)nn3)c3nc4ccccc4s3)nn2)cc1. The molecule has 0 N–H and O–H groups in total. The number of rotatable bonds is 15. The van der Waals surface area contributed by atoms with Gasteiger partial charge in [-0.25, -0.2) is 14.3 Å². The van der Waals surface area contributed by atoms with Crippen molar-refractivity contribution < 1.29 is 0 Å². The van der Waals surface area contributed by atoms with E-state index in [1.54, 1.807) is 11.3 Å². The molecular formula is C35H40N8S. The third kappa shape index (κ3) is 7.39. The second-order valence-electron chi connectivity index (χ2n) is 11.4. The molecular weight excluding hydrogens is 565 g/mol. The van der Waals surface area contributed by atoms with E-state index < -0.39 is 0 Å². The van der Waals surface area contributed by atoms with Gasteiger partial charge in [-0.3, -0.25) is 0 Å². The van der Waals surface area contributed by atoms with E-state index in [1.165, 1.54) is 49.7 Å². The van der Waals surface area contributed by atoms with Crippen molar-refractivity contribution in [1.29, 1.82) is 0 Å². The molecule has 6 aromatic rings. The molecule has 0 amide bonds. The first kappa shape index (κ1) is 29.7. The van der Waals surface area contributed by atoms with Crippen molar-refractivity contribution in [2.45, 2.75) is 78.3 Å². The number of hydrogen-bond acceptors (Lipinski definition) is 7.